The van der Waals surface area contributed by atoms with Crippen molar-refractivity contribution >= 4 is 29.0 Å². The molecule has 232 valence electrons. The van der Waals surface area contributed by atoms with Crippen LogP contribution in [0.3, 0.4) is 0 Å². The average Bonchev–Trinajstić information content (AvgIpc) is 3.03. The highest BCUT2D eigenvalue weighted by Gasteiger charge is 2.35. The summed E-state index contributed by atoms with van der Waals surface area (Å²) in [5.41, 5.74) is 5.17. The summed E-state index contributed by atoms with van der Waals surface area (Å²) in [7, 11) is 2.28. The molecular formula is C37H49N7. The van der Waals surface area contributed by atoms with E-state index < -0.39 is 0 Å². The Hall–Kier alpha value is -3.97. The second-order valence-corrected chi connectivity index (χ2v) is 12.7. The first-order chi connectivity index (χ1) is 21.4. The van der Waals surface area contributed by atoms with E-state index >= 15 is 0 Å². The van der Waals surface area contributed by atoms with Crippen molar-refractivity contribution in [3.63, 3.8) is 0 Å². The van der Waals surface area contributed by atoms with Gasteiger partial charge in [-0.25, -0.2) is 9.97 Å². The van der Waals surface area contributed by atoms with Gasteiger partial charge in [-0.2, -0.15) is 4.98 Å². The van der Waals surface area contributed by atoms with E-state index in [1.54, 1.807) is 12.3 Å². The van der Waals surface area contributed by atoms with Crippen molar-refractivity contribution in [2.24, 2.45) is 0 Å². The topological polar surface area (TPSA) is 78.0 Å². The molecule has 0 aliphatic heterocycles. The smallest absolute Gasteiger partial charge is 0.229 e. The maximum absolute atomic E-state index is 4.96. The minimum atomic E-state index is 0.154. The normalized spacial score (nSPS) is 19.1. The van der Waals surface area contributed by atoms with Crippen molar-refractivity contribution in [1.29, 1.82) is 0 Å². The highest BCUT2D eigenvalue weighted by Crippen LogP contribution is 2.42. The predicted octanol–water partition coefficient (Wildman–Crippen LogP) is 8.47. The van der Waals surface area contributed by atoms with Gasteiger partial charge in [0.2, 0.25) is 5.95 Å². The lowest BCUT2D eigenvalue weighted by molar-refractivity contribution is 0.181. The van der Waals surface area contributed by atoms with E-state index in [1.807, 2.05) is 12.1 Å². The molecule has 5 rings (SSSR count). The number of aromatic nitrogens is 3. The lowest BCUT2D eigenvalue weighted by Crippen LogP contribution is -2.35. The molecule has 2 aromatic heterocycles. The second kappa shape index (κ2) is 14.7. The zero-order chi connectivity index (χ0) is 30.9. The minimum Gasteiger partial charge on any atom is -0.381 e. The molecule has 2 aliphatic carbocycles. The SMILES string of the molecule is C=CCCCN(C)C1CCC(c2ccc(Nc3ncc(C(=C)NCC=C)c(Nc4cccc(C5(C)CCC5)n4)n3)cc2)CC1. The first-order valence-corrected chi connectivity index (χ1v) is 16.2. The number of hydrogen-bond acceptors (Lipinski definition) is 7. The Labute approximate surface area is 264 Å². The van der Waals surface area contributed by atoms with Crippen LogP contribution >= 0.6 is 0 Å². The van der Waals surface area contributed by atoms with Gasteiger partial charge in [0.15, 0.2) is 0 Å². The van der Waals surface area contributed by atoms with Gasteiger partial charge in [0.05, 0.1) is 5.56 Å². The van der Waals surface area contributed by atoms with Crippen LogP contribution in [0.25, 0.3) is 5.70 Å². The summed E-state index contributed by atoms with van der Waals surface area (Å²) >= 11 is 0. The van der Waals surface area contributed by atoms with E-state index in [-0.39, 0.29) is 5.41 Å². The maximum Gasteiger partial charge on any atom is 0.229 e. The van der Waals surface area contributed by atoms with Gasteiger partial charge in [-0.1, -0.05) is 50.3 Å². The lowest BCUT2D eigenvalue weighted by atomic mass is 9.68. The summed E-state index contributed by atoms with van der Waals surface area (Å²) in [5, 5.41) is 10.1. The van der Waals surface area contributed by atoms with Crippen LogP contribution in [0.5, 0.6) is 0 Å². The molecule has 0 amide bonds. The summed E-state index contributed by atoms with van der Waals surface area (Å²) in [6, 6.07) is 15.7. The Morgan fingerprint density at radius 2 is 1.77 bits per heavy atom. The standard InChI is InChI=1S/C37H49N7/c1-6-8-9-25-44(5)31-20-16-29(17-21-31)28-14-18-30(19-15-28)40-36-39-26-32(27(3)38-24-7-2)35(43-36)42-34-13-10-12-33(41-34)37(4)22-11-23-37/h6-7,10,12-15,18-19,26,29,31,38H,1-3,8-9,11,16-17,20-25H2,4-5H3,(H2,39,40,41,42,43). The molecular weight excluding hydrogens is 542 g/mol. The molecule has 7 nitrogen and oxygen atoms in total. The van der Waals surface area contributed by atoms with Crippen molar-refractivity contribution in [2.75, 3.05) is 30.8 Å². The first kappa shape index (κ1) is 31.5. The van der Waals surface area contributed by atoms with Crippen molar-refractivity contribution < 1.29 is 0 Å². The molecule has 7 heteroatoms. The number of rotatable bonds is 15. The summed E-state index contributed by atoms with van der Waals surface area (Å²) in [4.78, 5) is 17.0. The summed E-state index contributed by atoms with van der Waals surface area (Å²) in [5.74, 6) is 2.55. The molecule has 0 spiro atoms. The number of nitrogens with zero attached hydrogens (tertiary/aromatic N) is 4. The number of hydrogen-bond donors (Lipinski definition) is 3. The fraction of sp³-hybridized carbons (Fsp3) is 0.432. The van der Waals surface area contributed by atoms with Gasteiger partial charge >= 0.3 is 0 Å². The van der Waals surface area contributed by atoms with E-state index in [4.69, 9.17) is 9.97 Å². The van der Waals surface area contributed by atoms with Crippen LogP contribution in [0, 0.1) is 0 Å². The number of unbranched alkanes of at least 4 members (excludes halogenated alkanes) is 1. The molecule has 2 aliphatic rings. The van der Waals surface area contributed by atoms with Crippen molar-refractivity contribution in [3.8, 4) is 0 Å². The van der Waals surface area contributed by atoms with Gasteiger partial charge in [-0.3, -0.25) is 0 Å². The Kier molecular flexibility index (Phi) is 10.5. The third kappa shape index (κ3) is 7.75. The largest absolute Gasteiger partial charge is 0.381 e. The molecule has 2 heterocycles. The lowest BCUT2D eigenvalue weighted by Gasteiger charge is -2.37. The predicted molar refractivity (Wildman–Crippen MR) is 185 cm³/mol. The highest BCUT2D eigenvalue weighted by molar-refractivity contribution is 5.75. The Morgan fingerprint density at radius 3 is 2.45 bits per heavy atom. The molecule has 44 heavy (non-hydrogen) atoms. The number of anilines is 4. The van der Waals surface area contributed by atoms with Crippen LogP contribution in [0.15, 0.2) is 80.6 Å². The van der Waals surface area contributed by atoms with E-state index in [0.717, 1.165) is 41.4 Å². The van der Waals surface area contributed by atoms with E-state index in [2.05, 4.69) is 95.9 Å². The Morgan fingerprint density at radius 1 is 1.00 bits per heavy atom. The summed E-state index contributed by atoms with van der Waals surface area (Å²) < 4.78 is 0. The van der Waals surface area contributed by atoms with E-state index in [1.165, 1.54) is 56.9 Å². The number of benzene rings is 1. The maximum atomic E-state index is 4.96. The van der Waals surface area contributed by atoms with Gasteiger partial charge in [0.25, 0.3) is 0 Å². The Bertz CT molecular complexity index is 1420. The molecule has 2 saturated carbocycles. The third-order valence-electron chi connectivity index (χ3n) is 9.52. The quantitative estimate of drug-likeness (QED) is 0.121. The zero-order valence-corrected chi connectivity index (χ0v) is 26.6. The molecule has 0 saturated heterocycles. The van der Waals surface area contributed by atoms with Crippen LogP contribution in [-0.4, -0.2) is 46.0 Å². The third-order valence-corrected chi connectivity index (χ3v) is 9.52. The van der Waals surface area contributed by atoms with Crippen LogP contribution in [0.4, 0.5) is 23.3 Å². The van der Waals surface area contributed by atoms with Gasteiger partial charge in [0.1, 0.15) is 11.6 Å². The summed E-state index contributed by atoms with van der Waals surface area (Å²) in [6.45, 7) is 15.9. The van der Waals surface area contributed by atoms with Crippen molar-refractivity contribution in [3.05, 3.63) is 97.4 Å². The molecule has 3 N–H and O–H groups in total. The fourth-order valence-corrected chi connectivity index (χ4v) is 6.46. The summed E-state index contributed by atoms with van der Waals surface area (Å²) in [6.07, 6.45) is 16.5. The van der Waals surface area contributed by atoms with Crippen LogP contribution < -0.4 is 16.0 Å². The molecule has 1 aromatic carbocycles. The van der Waals surface area contributed by atoms with Gasteiger partial charge in [-0.05, 0) is 101 Å². The van der Waals surface area contributed by atoms with E-state index in [0.29, 0.717) is 30.3 Å². The van der Waals surface area contributed by atoms with Crippen molar-refractivity contribution in [1.82, 2.24) is 25.2 Å². The van der Waals surface area contributed by atoms with E-state index in [9.17, 15) is 0 Å². The first-order valence-electron chi connectivity index (χ1n) is 16.2. The minimum absolute atomic E-state index is 0.154. The highest BCUT2D eigenvalue weighted by atomic mass is 15.2. The van der Waals surface area contributed by atoms with Crippen LogP contribution in [0.1, 0.15) is 87.4 Å². The van der Waals surface area contributed by atoms with Gasteiger partial charge in [-0.15, -0.1) is 13.2 Å². The fourth-order valence-electron chi connectivity index (χ4n) is 6.46. The monoisotopic (exact) mass is 591 g/mol. The molecule has 0 radical (unpaired) electrons. The van der Waals surface area contributed by atoms with Crippen LogP contribution in [-0.2, 0) is 5.41 Å². The second-order valence-electron chi connectivity index (χ2n) is 12.7. The molecule has 0 atom stereocenters. The molecule has 2 fully saturated rings. The van der Waals surface area contributed by atoms with Crippen LogP contribution in [0.2, 0.25) is 0 Å². The number of nitrogens with one attached hydrogen (secondary N) is 3. The zero-order valence-electron chi connectivity index (χ0n) is 26.6. The van der Waals surface area contributed by atoms with Gasteiger partial charge in [0, 0.05) is 41.3 Å². The average molecular weight is 592 g/mol. The molecule has 0 unspecified atom stereocenters. The molecule has 0 bridgehead atoms. The molecule has 3 aromatic rings. The van der Waals surface area contributed by atoms with Gasteiger partial charge < -0.3 is 20.9 Å². The number of allylic oxidation sites excluding steroid dienone is 1. The Balaban J connectivity index is 1.26. The van der Waals surface area contributed by atoms with Crippen molar-refractivity contribution in [2.45, 2.75) is 82.1 Å². The number of pyridine rings is 1.